The molecule has 0 spiro atoms. The number of thioether (sulfide) groups is 1. The summed E-state index contributed by atoms with van der Waals surface area (Å²) in [4.78, 5) is 25.4. The van der Waals surface area contributed by atoms with Gasteiger partial charge in [0.25, 0.3) is 11.1 Å². The van der Waals surface area contributed by atoms with Crippen molar-refractivity contribution in [2.75, 3.05) is 13.2 Å². The zero-order valence-corrected chi connectivity index (χ0v) is 13.9. The summed E-state index contributed by atoms with van der Waals surface area (Å²) in [6, 6.07) is 5.52. The Morgan fingerprint density at radius 2 is 2.19 bits per heavy atom. The van der Waals surface area contributed by atoms with Crippen LogP contribution in [0.2, 0.25) is 0 Å². The molecular weight excluding hydrogens is 354 g/mol. The number of hydrogen-bond acceptors (Lipinski definition) is 4. The average Bonchev–Trinajstić information content (AvgIpc) is 2.70. The smallest absolute Gasteiger partial charge is 0.293 e. The fraction of sp³-hybridized carbons (Fsp3) is 0.200. The van der Waals surface area contributed by atoms with Crippen molar-refractivity contribution in [1.29, 1.82) is 0 Å². The Kier molecular flexibility index (Phi) is 5.25. The Balaban J connectivity index is 2.24. The first-order valence-corrected chi connectivity index (χ1v) is 7.96. The third kappa shape index (κ3) is 3.57. The third-order valence-corrected chi connectivity index (χ3v) is 4.27. The van der Waals surface area contributed by atoms with E-state index in [1.165, 1.54) is 11.0 Å². The zero-order chi connectivity index (χ0) is 15.4. The van der Waals surface area contributed by atoms with Gasteiger partial charge in [-0.25, -0.2) is 0 Å². The number of ether oxygens (including phenoxy) is 1. The van der Waals surface area contributed by atoms with Gasteiger partial charge in [-0.3, -0.25) is 14.5 Å². The molecule has 1 heterocycles. The van der Waals surface area contributed by atoms with Crippen LogP contribution in [0, 0.1) is 0 Å². The molecular formula is C15H14BrNO3S. The number of carbonyl (C=O) groups excluding carboxylic acids is 2. The highest BCUT2D eigenvalue weighted by Crippen LogP contribution is 2.33. The van der Waals surface area contributed by atoms with Gasteiger partial charge >= 0.3 is 0 Å². The minimum Gasteiger partial charge on any atom is -0.493 e. The summed E-state index contributed by atoms with van der Waals surface area (Å²) < 4.78 is 6.24. The normalized spacial score (nSPS) is 16.7. The van der Waals surface area contributed by atoms with Gasteiger partial charge in [-0.05, 0) is 58.4 Å². The van der Waals surface area contributed by atoms with Crippen LogP contribution < -0.4 is 4.74 Å². The van der Waals surface area contributed by atoms with Crippen molar-refractivity contribution >= 4 is 44.9 Å². The predicted molar refractivity (Wildman–Crippen MR) is 88.2 cm³/mol. The monoisotopic (exact) mass is 367 g/mol. The van der Waals surface area contributed by atoms with E-state index in [0.29, 0.717) is 11.5 Å². The summed E-state index contributed by atoms with van der Waals surface area (Å²) in [6.45, 7) is 6.27. The number of amides is 2. The molecule has 21 heavy (non-hydrogen) atoms. The topological polar surface area (TPSA) is 46.6 Å². The number of rotatable bonds is 5. The summed E-state index contributed by atoms with van der Waals surface area (Å²) >= 11 is 4.37. The summed E-state index contributed by atoms with van der Waals surface area (Å²) in [5, 5.41) is -0.267. The molecule has 1 saturated heterocycles. The number of hydrogen-bond donors (Lipinski definition) is 0. The van der Waals surface area contributed by atoms with Crippen molar-refractivity contribution in [1.82, 2.24) is 4.90 Å². The lowest BCUT2D eigenvalue weighted by atomic mass is 10.2. The molecule has 0 radical (unpaired) electrons. The Morgan fingerprint density at radius 3 is 2.81 bits per heavy atom. The Labute approximate surface area is 136 Å². The van der Waals surface area contributed by atoms with Crippen LogP contribution in [0.1, 0.15) is 12.5 Å². The van der Waals surface area contributed by atoms with Crippen LogP contribution in [-0.2, 0) is 4.79 Å². The minimum absolute atomic E-state index is 0.231. The van der Waals surface area contributed by atoms with Crippen molar-refractivity contribution in [3.63, 3.8) is 0 Å². The van der Waals surface area contributed by atoms with Gasteiger partial charge in [-0.15, -0.1) is 6.58 Å². The minimum atomic E-state index is -0.282. The van der Waals surface area contributed by atoms with Crippen molar-refractivity contribution < 1.29 is 14.3 Å². The molecule has 110 valence electrons. The highest BCUT2D eigenvalue weighted by atomic mass is 79.9. The van der Waals surface area contributed by atoms with E-state index in [0.717, 1.165) is 27.5 Å². The van der Waals surface area contributed by atoms with Crippen molar-refractivity contribution in [3.8, 4) is 5.75 Å². The van der Waals surface area contributed by atoms with E-state index < -0.39 is 0 Å². The van der Waals surface area contributed by atoms with Gasteiger partial charge in [0.05, 0.1) is 16.0 Å². The fourth-order valence-corrected chi connectivity index (χ4v) is 3.18. The number of halogens is 1. The van der Waals surface area contributed by atoms with E-state index >= 15 is 0 Å². The average molecular weight is 368 g/mol. The first-order chi connectivity index (χ1) is 10.1. The molecule has 1 aromatic carbocycles. The second-order valence-electron chi connectivity index (χ2n) is 4.20. The van der Waals surface area contributed by atoms with Crippen LogP contribution >= 0.6 is 27.7 Å². The quantitative estimate of drug-likeness (QED) is 0.581. The summed E-state index contributed by atoms with van der Waals surface area (Å²) in [5.74, 6) is 0.462. The number of benzene rings is 1. The summed E-state index contributed by atoms with van der Waals surface area (Å²) in [6.07, 6.45) is 3.24. The molecule has 0 unspecified atom stereocenters. The zero-order valence-electron chi connectivity index (χ0n) is 11.5. The third-order valence-electron chi connectivity index (χ3n) is 2.74. The Hall–Kier alpha value is -1.53. The van der Waals surface area contributed by atoms with Gasteiger partial charge in [0.1, 0.15) is 5.75 Å². The van der Waals surface area contributed by atoms with E-state index in [1.807, 2.05) is 25.1 Å². The Bertz CT molecular complexity index is 627. The van der Waals surface area contributed by atoms with E-state index in [4.69, 9.17) is 4.74 Å². The lowest BCUT2D eigenvalue weighted by Crippen LogP contribution is -2.27. The number of imide groups is 1. The van der Waals surface area contributed by atoms with Crippen LogP contribution in [0.25, 0.3) is 6.08 Å². The fourth-order valence-electron chi connectivity index (χ4n) is 1.82. The lowest BCUT2D eigenvalue weighted by molar-refractivity contribution is -0.122. The van der Waals surface area contributed by atoms with Crippen molar-refractivity contribution in [2.24, 2.45) is 0 Å². The van der Waals surface area contributed by atoms with Crippen LogP contribution in [0.5, 0.6) is 5.75 Å². The molecule has 2 rings (SSSR count). The molecule has 0 bridgehead atoms. The summed E-state index contributed by atoms with van der Waals surface area (Å²) in [7, 11) is 0. The second-order valence-corrected chi connectivity index (χ2v) is 6.05. The van der Waals surface area contributed by atoms with Gasteiger partial charge in [-0.1, -0.05) is 12.1 Å². The van der Waals surface area contributed by atoms with Gasteiger partial charge in [0.15, 0.2) is 0 Å². The van der Waals surface area contributed by atoms with Crippen LogP contribution in [0.4, 0.5) is 4.79 Å². The van der Waals surface area contributed by atoms with Crippen LogP contribution in [0.15, 0.2) is 40.2 Å². The molecule has 2 amide bonds. The van der Waals surface area contributed by atoms with Crippen LogP contribution in [0.3, 0.4) is 0 Å². The second kappa shape index (κ2) is 6.95. The molecule has 1 fully saturated rings. The van der Waals surface area contributed by atoms with Gasteiger partial charge in [-0.2, -0.15) is 0 Å². The molecule has 0 N–H and O–H groups in total. The van der Waals surface area contributed by atoms with Gasteiger partial charge in [0, 0.05) is 6.54 Å². The van der Waals surface area contributed by atoms with E-state index in [-0.39, 0.29) is 17.7 Å². The first-order valence-electron chi connectivity index (χ1n) is 6.35. The van der Waals surface area contributed by atoms with Crippen molar-refractivity contribution in [3.05, 3.63) is 45.8 Å². The first kappa shape index (κ1) is 15.9. The maximum absolute atomic E-state index is 12.1. The standard InChI is InChI=1S/C15H14BrNO3S/c1-3-7-17-14(18)13(21-15(17)19)9-10-5-6-12(20-4-2)11(16)8-10/h3,5-6,8-9H,1,4,7H2,2H3/b13-9+. The van der Waals surface area contributed by atoms with E-state index in [1.54, 1.807) is 6.08 Å². The van der Waals surface area contributed by atoms with Gasteiger partial charge in [0.2, 0.25) is 0 Å². The van der Waals surface area contributed by atoms with E-state index in [2.05, 4.69) is 22.5 Å². The lowest BCUT2D eigenvalue weighted by Gasteiger charge is -2.08. The molecule has 0 saturated carbocycles. The highest BCUT2D eigenvalue weighted by molar-refractivity contribution is 9.10. The SMILES string of the molecule is C=CCN1C(=O)S/C(=C/c2ccc(OCC)c(Br)c2)C1=O. The molecule has 0 aliphatic carbocycles. The molecule has 6 heteroatoms. The Morgan fingerprint density at radius 1 is 1.43 bits per heavy atom. The largest absolute Gasteiger partial charge is 0.493 e. The molecule has 1 aromatic rings. The number of carbonyl (C=O) groups is 2. The molecule has 1 aliphatic heterocycles. The van der Waals surface area contributed by atoms with Gasteiger partial charge < -0.3 is 4.74 Å². The maximum atomic E-state index is 12.1. The van der Waals surface area contributed by atoms with Crippen LogP contribution in [-0.4, -0.2) is 29.2 Å². The predicted octanol–water partition coefficient (Wildman–Crippen LogP) is 4.07. The highest BCUT2D eigenvalue weighted by Gasteiger charge is 2.33. The van der Waals surface area contributed by atoms with Crippen molar-refractivity contribution in [2.45, 2.75) is 6.92 Å². The van der Waals surface area contributed by atoms with E-state index in [9.17, 15) is 9.59 Å². The molecule has 0 atom stereocenters. The molecule has 1 aliphatic rings. The summed E-state index contributed by atoms with van der Waals surface area (Å²) in [5.41, 5.74) is 0.828. The number of nitrogens with zero attached hydrogens (tertiary/aromatic N) is 1. The molecule has 0 aromatic heterocycles. The molecule has 4 nitrogen and oxygen atoms in total. The maximum Gasteiger partial charge on any atom is 0.293 e.